The zero-order chi connectivity index (χ0) is 12.1. The molecule has 17 heavy (non-hydrogen) atoms. The van der Waals surface area contributed by atoms with Gasteiger partial charge in [0.15, 0.2) is 0 Å². The molecule has 0 bridgehead atoms. The highest BCUT2D eigenvalue weighted by atomic mass is 15.2. The van der Waals surface area contributed by atoms with Crippen LogP contribution >= 0.6 is 0 Å². The fourth-order valence-electron chi connectivity index (χ4n) is 2.33. The van der Waals surface area contributed by atoms with Gasteiger partial charge in [0.25, 0.3) is 0 Å². The Morgan fingerprint density at radius 2 is 2.29 bits per heavy atom. The van der Waals surface area contributed by atoms with Gasteiger partial charge in [-0.3, -0.25) is 0 Å². The molecule has 4 heteroatoms. The lowest BCUT2D eigenvalue weighted by atomic mass is 9.97. The summed E-state index contributed by atoms with van der Waals surface area (Å²) in [7, 11) is 2.02. The van der Waals surface area contributed by atoms with Gasteiger partial charge >= 0.3 is 0 Å². The summed E-state index contributed by atoms with van der Waals surface area (Å²) in [5.74, 6) is 1.50. The van der Waals surface area contributed by atoms with Gasteiger partial charge < -0.3 is 10.2 Å². The van der Waals surface area contributed by atoms with Crippen LogP contribution in [0.4, 0.5) is 5.82 Å². The van der Waals surface area contributed by atoms with Crippen LogP contribution in [-0.4, -0.2) is 31.7 Å². The average Bonchev–Trinajstić information content (AvgIpc) is 2.40. The molecule has 1 aliphatic heterocycles. The number of nitrogens with zero attached hydrogens (tertiary/aromatic N) is 3. The number of hydrogen-bond donors (Lipinski definition) is 1. The first-order valence-electron chi connectivity index (χ1n) is 6.08. The maximum Gasteiger partial charge on any atom is 0.146 e. The van der Waals surface area contributed by atoms with Crippen molar-refractivity contribution < 1.29 is 0 Å². The van der Waals surface area contributed by atoms with Gasteiger partial charge in [-0.25, -0.2) is 4.98 Å². The summed E-state index contributed by atoms with van der Waals surface area (Å²) in [5.41, 5.74) is 0.656. The van der Waals surface area contributed by atoms with Crippen LogP contribution in [0, 0.1) is 17.2 Å². The second-order valence-corrected chi connectivity index (χ2v) is 4.56. The van der Waals surface area contributed by atoms with E-state index in [-0.39, 0.29) is 0 Å². The van der Waals surface area contributed by atoms with Crippen LogP contribution in [0.1, 0.15) is 18.4 Å². The van der Waals surface area contributed by atoms with E-state index in [1.54, 1.807) is 12.3 Å². The minimum Gasteiger partial charge on any atom is -0.358 e. The van der Waals surface area contributed by atoms with Gasteiger partial charge in [0.2, 0.25) is 0 Å². The largest absolute Gasteiger partial charge is 0.358 e. The highest BCUT2D eigenvalue weighted by Crippen LogP contribution is 2.19. The molecule has 1 N–H and O–H groups in total. The van der Waals surface area contributed by atoms with E-state index in [2.05, 4.69) is 21.3 Å². The molecule has 2 rings (SSSR count). The Hall–Kier alpha value is -1.60. The van der Waals surface area contributed by atoms with Crippen LogP contribution < -0.4 is 10.2 Å². The van der Waals surface area contributed by atoms with Crippen LogP contribution in [-0.2, 0) is 0 Å². The lowest BCUT2D eigenvalue weighted by Gasteiger charge is -2.28. The number of nitrogens with one attached hydrogen (secondary N) is 1. The van der Waals surface area contributed by atoms with Crippen molar-refractivity contribution in [1.82, 2.24) is 10.3 Å². The van der Waals surface area contributed by atoms with Gasteiger partial charge in [-0.1, -0.05) is 0 Å². The molecule has 1 aliphatic rings. The molecule has 2 heterocycles. The minimum atomic E-state index is 0.656. The van der Waals surface area contributed by atoms with Gasteiger partial charge in [0, 0.05) is 19.8 Å². The molecule has 1 aromatic heterocycles. The molecule has 0 radical (unpaired) electrons. The molecule has 0 spiro atoms. The fourth-order valence-corrected chi connectivity index (χ4v) is 2.33. The van der Waals surface area contributed by atoms with Crippen molar-refractivity contribution >= 4 is 5.82 Å². The van der Waals surface area contributed by atoms with E-state index >= 15 is 0 Å². The van der Waals surface area contributed by atoms with E-state index in [0.717, 1.165) is 25.5 Å². The van der Waals surface area contributed by atoms with Crippen molar-refractivity contribution in [1.29, 1.82) is 5.26 Å². The number of aromatic nitrogens is 1. The molecule has 0 saturated carbocycles. The number of anilines is 1. The summed E-state index contributed by atoms with van der Waals surface area (Å²) in [6, 6.07) is 5.82. The maximum absolute atomic E-state index is 9.05. The van der Waals surface area contributed by atoms with Crippen molar-refractivity contribution in [3.63, 3.8) is 0 Å². The van der Waals surface area contributed by atoms with Crippen molar-refractivity contribution in [3.8, 4) is 6.07 Å². The zero-order valence-corrected chi connectivity index (χ0v) is 10.2. The third-order valence-electron chi connectivity index (χ3n) is 3.26. The molecule has 0 aromatic carbocycles. The van der Waals surface area contributed by atoms with Gasteiger partial charge in [-0.2, -0.15) is 5.26 Å². The Balaban J connectivity index is 2.03. The minimum absolute atomic E-state index is 0.656. The summed E-state index contributed by atoms with van der Waals surface area (Å²) in [5, 5.41) is 12.4. The van der Waals surface area contributed by atoms with E-state index in [0.29, 0.717) is 11.5 Å². The van der Waals surface area contributed by atoms with E-state index in [4.69, 9.17) is 5.26 Å². The molecule has 0 amide bonds. The molecule has 1 aromatic rings. The Morgan fingerprint density at radius 1 is 1.53 bits per heavy atom. The van der Waals surface area contributed by atoms with Crippen molar-refractivity contribution in [2.24, 2.45) is 5.92 Å². The first kappa shape index (κ1) is 11.9. The van der Waals surface area contributed by atoms with Crippen LogP contribution in [0.15, 0.2) is 18.3 Å². The Kier molecular flexibility index (Phi) is 3.94. The first-order valence-corrected chi connectivity index (χ1v) is 6.08. The van der Waals surface area contributed by atoms with Crippen molar-refractivity contribution in [2.75, 3.05) is 31.6 Å². The normalized spacial score (nSPS) is 16.5. The molecule has 1 saturated heterocycles. The number of pyridine rings is 1. The predicted octanol–water partition coefficient (Wildman–Crippen LogP) is 1.39. The van der Waals surface area contributed by atoms with E-state index in [1.807, 2.05) is 13.1 Å². The van der Waals surface area contributed by atoms with Crippen LogP contribution in [0.5, 0.6) is 0 Å². The second-order valence-electron chi connectivity index (χ2n) is 4.56. The molecule has 90 valence electrons. The van der Waals surface area contributed by atoms with E-state index in [9.17, 15) is 0 Å². The monoisotopic (exact) mass is 230 g/mol. The topological polar surface area (TPSA) is 52.0 Å². The second kappa shape index (κ2) is 5.65. The van der Waals surface area contributed by atoms with Gasteiger partial charge in [0.05, 0.1) is 5.56 Å². The van der Waals surface area contributed by atoms with Crippen molar-refractivity contribution in [2.45, 2.75) is 12.8 Å². The van der Waals surface area contributed by atoms with E-state index < -0.39 is 0 Å². The first-order chi connectivity index (χ1) is 8.31. The molecule has 0 unspecified atom stereocenters. The van der Waals surface area contributed by atoms with Crippen LogP contribution in [0.25, 0.3) is 0 Å². The fraction of sp³-hybridized carbons (Fsp3) is 0.538. The molecule has 1 fully saturated rings. The third kappa shape index (κ3) is 2.95. The zero-order valence-electron chi connectivity index (χ0n) is 10.2. The molecular weight excluding hydrogens is 212 g/mol. The van der Waals surface area contributed by atoms with Crippen LogP contribution in [0.3, 0.4) is 0 Å². The molecule has 4 nitrogen and oxygen atoms in total. The van der Waals surface area contributed by atoms with Gasteiger partial charge in [0.1, 0.15) is 11.9 Å². The molecule has 0 aliphatic carbocycles. The van der Waals surface area contributed by atoms with Crippen LogP contribution in [0.2, 0.25) is 0 Å². The summed E-state index contributed by atoms with van der Waals surface area (Å²) in [6.07, 6.45) is 4.16. The standard InChI is InChI=1S/C13H18N4/c1-17(10-11-4-7-15-8-5-11)13-12(9-14)3-2-6-16-13/h2-3,6,11,15H,4-5,7-8,10H2,1H3. The molecule has 0 atom stereocenters. The summed E-state index contributed by atoms with van der Waals surface area (Å²) in [6.45, 7) is 3.19. The number of piperidine rings is 1. The number of hydrogen-bond acceptors (Lipinski definition) is 4. The van der Waals surface area contributed by atoms with E-state index in [1.165, 1.54) is 12.8 Å². The average molecular weight is 230 g/mol. The SMILES string of the molecule is CN(CC1CCNCC1)c1ncccc1C#N. The maximum atomic E-state index is 9.05. The lowest BCUT2D eigenvalue weighted by molar-refractivity contribution is 0.377. The Morgan fingerprint density at radius 3 is 3.00 bits per heavy atom. The highest BCUT2D eigenvalue weighted by Gasteiger charge is 2.17. The Bertz CT molecular complexity index is 404. The van der Waals surface area contributed by atoms with Crippen molar-refractivity contribution in [3.05, 3.63) is 23.9 Å². The Labute approximate surface area is 102 Å². The predicted molar refractivity (Wildman–Crippen MR) is 67.8 cm³/mol. The molecular formula is C13H18N4. The van der Waals surface area contributed by atoms with Gasteiger partial charge in [-0.15, -0.1) is 0 Å². The highest BCUT2D eigenvalue weighted by molar-refractivity contribution is 5.52. The summed E-state index contributed by atoms with van der Waals surface area (Å²) >= 11 is 0. The summed E-state index contributed by atoms with van der Waals surface area (Å²) < 4.78 is 0. The smallest absolute Gasteiger partial charge is 0.146 e. The van der Waals surface area contributed by atoms with Gasteiger partial charge in [-0.05, 0) is 44.0 Å². The quantitative estimate of drug-likeness (QED) is 0.852. The summed E-state index contributed by atoms with van der Waals surface area (Å²) in [4.78, 5) is 6.41. The number of nitriles is 1. The lowest BCUT2D eigenvalue weighted by Crippen LogP contribution is -2.35. The third-order valence-corrected chi connectivity index (χ3v) is 3.26. The number of rotatable bonds is 3.